The van der Waals surface area contributed by atoms with E-state index in [1.165, 1.54) is 0 Å². The van der Waals surface area contributed by atoms with Crippen molar-refractivity contribution in [1.82, 2.24) is 15.2 Å². The van der Waals surface area contributed by atoms with E-state index in [9.17, 15) is 9.59 Å². The van der Waals surface area contributed by atoms with E-state index in [0.717, 1.165) is 34.6 Å². The highest BCUT2D eigenvalue weighted by atomic mass is 32.1. The molecule has 30 heavy (non-hydrogen) atoms. The number of anilines is 1. The molecule has 1 fully saturated rings. The molecule has 1 aliphatic rings. The van der Waals surface area contributed by atoms with E-state index in [2.05, 4.69) is 26.6 Å². The van der Waals surface area contributed by atoms with E-state index in [0.29, 0.717) is 25.4 Å². The number of morpholine rings is 1. The minimum atomic E-state index is -0.683. The van der Waals surface area contributed by atoms with E-state index in [-0.39, 0.29) is 6.04 Å². The third-order valence-corrected chi connectivity index (χ3v) is 6.09. The molecule has 156 valence electrons. The molecule has 7 nitrogen and oxygen atoms in total. The number of ether oxygens (including phenoxy) is 1. The molecular weight excluding hydrogens is 400 g/mol. The summed E-state index contributed by atoms with van der Waals surface area (Å²) in [5.74, 6) is -1.33. The van der Waals surface area contributed by atoms with Crippen LogP contribution in [-0.2, 0) is 14.3 Å². The van der Waals surface area contributed by atoms with Gasteiger partial charge in [-0.2, -0.15) is 0 Å². The Morgan fingerprint density at radius 1 is 1.17 bits per heavy atom. The number of benzene rings is 1. The number of carbonyl (C=O) groups is 2. The van der Waals surface area contributed by atoms with Gasteiger partial charge in [-0.3, -0.25) is 19.5 Å². The van der Waals surface area contributed by atoms with Crippen molar-refractivity contribution in [3.8, 4) is 0 Å². The Balaban J connectivity index is 1.43. The third kappa shape index (κ3) is 4.67. The quantitative estimate of drug-likeness (QED) is 0.616. The number of pyridine rings is 1. The summed E-state index contributed by atoms with van der Waals surface area (Å²) in [5, 5.41) is 8.37. The fraction of sp³-hybridized carbons (Fsp3) is 0.318. The molecule has 0 radical (unpaired) electrons. The molecule has 8 heteroatoms. The summed E-state index contributed by atoms with van der Waals surface area (Å²) in [6, 6.07) is 13.4. The number of para-hydroxylation sites is 1. The number of aryl methyl sites for hydroxylation is 1. The second kappa shape index (κ2) is 9.34. The maximum Gasteiger partial charge on any atom is 0.313 e. The highest BCUT2D eigenvalue weighted by molar-refractivity contribution is 7.10. The Bertz CT molecular complexity index is 1030. The predicted octanol–water partition coefficient (Wildman–Crippen LogP) is 2.73. The second-order valence-electron chi connectivity index (χ2n) is 7.17. The topological polar surface area (TPSA) is 83.6 Å². The van der Waals surface area contributed by atoms with Crippen LogP contribution in [0.3, 0.4) is 0 Å². The Morgan fingerprint density at radius 2 is 1.97 bits per heavy atom. The number of aromatic nitrogens is 1. The summed E-state index contributed by atoms with van der Waals surface area (Å²) in [4.78, 5) is 33.0. The first kappa shape index (κ1) is 20.5. The van der Waals surface area contributed by atoms with Gasteiger partial charge in [0.2, 0.25) is 0 Å². The summed E-state index contributed by atoms with van der Waals surface area (Å²) in [7, 11) is 0. The number of nitrogens with zero attached hydrogens (tertiary/aromatic N) is 2. The molecule has 0 aliphatic carbocycles. The fourth-order valence-electron chi connectivity index (χ4n) is 3.64. The number of nitrogens with one attached hydrogen (secondary N) is 2. The average molecular weight is 425 g/mol. The number of rotatable bonds is 5. The maximum atomic E-state index is 12.6. The highest BCUT2D eigenvalue weighted by Crippen LogP contribution is 2.26. The van der Waals surface area contributed by atoms with Crippen LogP contribution in [0.4, 0.5) is 5.69 Å². The number of thiophene rings is 1. The van der Waals surface area contributed by atoms with Crippen molar-refractivity contribution in [2.75, 3.05) is 38.2 Å². The van der Waals surface area contributed by atoms with Crippen LogP contribution in [0.1, 0.15) is 16.6 Å². The average Bonchev–Trinajstić information content (AvgIpc) is 3.29. The molecule has 1 saturated heterocycles. The number of hydrogen-bond donors (Lipinski definition) is 2. The molecule has 0 spiro atoms. The van der Waals surface area contributed by atoms with Gasteiger partial charge in [0, 0.05) is 35.6 Å². The van der Waals surface area contributed by atoms with Gasteiger partial charge in [0.1, 0.15) is 0 Å². The smallest absolute Gasteiger partial charge is 0.313 e. The SMILES string of the molecule is Cc1cc(NC(=O)C(=O)NCC(c2cccs2)N2CCOCC2)c2ccccc2n1. The van der Waals surface area contributed by atoms with Crippen LogP contribution >= 0.6 is 11.3 Å². The second-order valence-corrected chi connectivity index (χ2v) is 8.15. The Hall–Kier alpha value is -2.81. The first-order valence-electron chi connectivity index (χ1n) is 9.92. The molecule has 0 bridgehead atoms. The van der Waals surface area contributed by atoms with Crippen LogP contribution in [0.2, 0.25) is 0 Å². The molecule has 2 N–H and O–H groups in total. The van der Waals surface area contributed by atoms with Crippen LogP contribution in [0.25, 0.3) is 10.9 Å². The lowest BCUT2D eigenvalue weighted by atomic mass is 10.1. The van der Waals surface area contributed by atoms with Gasteiger partial charge in [0.05, 0.1) is 30.5 Å². The Kier molecular flexibility index (Phi) is 6.37. The van der Waals surface area contributed by atoms with Gasteiger partial charge in [-0.15, -0.1) is 11.3 Å². The molecule has 4 rings (SSSR count). The molecule has 3 heterocycles. The first-order chi connectivity index (χ1) is 14.6. The van der Waals surface area contributed by atoms with E-state index < -0.39 is 11.8 Å². The summed E-state index contributed by atoms with van der Waals surface area (Å²) >= 11 is 1.65. The molecule has 2 aromatic heterocycles. The molecule has 2 amide bonds. The molecule has 1 aliphatic heterocycles. The molecular formula is C22H24N4O3S. The lowest BCUT2D eigenvalue weighted by Gasteiger charge is -2.34. The van der Waals surface area contributed by atoms with Crippen LogP contribution in [0.5, 0.6) is 0 Å². The predicted molar refractivity (Wildman–Crippen MR) is 118 cm³/mol. The third-order valence-electron chi connectivity index (χ3n) is 5.11. The Morgan fingerprint density at radius 3 is 2.73 bits per heavy atom. The van der Waals surface area contributed by atoms with Crippen molar-refractivity contribution in [2.24, 2.45) is 0 Å². The summed E-state index contributed by atoms with van der Waals surface area (Å²) in [6.45, 7) is 5.16. The van der Waals surface area contributed by atoms with Crippen molar-refractivity contribution >= 4 is 39.7 Å². The normalized spacial score (nSPS) is 15.6. The number of amides is 2. The van der Waals surface area contributed by atoms with Crippen molar-refractivity contribution in [3.63, 3.8) is 0 Å². The lowest BCUT2D eigenvalue weighted by Crippen LogP contribution is -2.45. The minimum absolute atomic E-state index is 0.0228. The molecule has 1 atom stereocenters. The van der Waals surface area contributed by atoms with Gasteiger partial charge in [0.15, 0.2) is 0 Å². The van der Waals surface area contributed by atoms with Gasteiger partial charge in [-0.25, -0.2) is 0 Å². The molecule has 1 unspecified atom stereocenters. The zero-order chi connectivity index (χ0) is 20.9. The first-order valence-corrected chi connectivity index (χ1v) is 10.8. The van der Waals surface area contributed by atoms with Crippen LogP contribution < -0.4 is 10.6 Å². The van der Waals surface area contributed by atoms with Gasteiger partial charge in [-0.1, -0.05) is 24.3 Å². The van der Waals surface area contributed by atoms with Crippen LogP contribution in [0, 0.1) is 6.92 Å². The number of fused-ring (bicyclic) bond motifs is 1. The summed E-state index contributed by atoms with van der Waals surface area (Å²) < 4.78 is 5.45. The van der Waals surface area contributed by atoms with E-state index >= 15 is 0 Å². The van der Waals surface area contributed by atoms with Crippen LogP contribution in [0.15, 0.2) is 47.8 Å². The number of carbonyl (C=O) groups excluding carboxylic acids is 2. The number of hydrogen-bond acceptors (Lipinski definition) is 6. The van der Waals surface area contributed by atoms with Gasteiger partial charge in [0.25, 0.3) is 0 Å². The summed E-state index contributed by atoms with van der Waals surface area (Å²) in [6.07, 6.45) is 0. The van der Waals surface area contributed by atoms with E-state index in [4.69, 9.17) is 4.74 Å². The van der Waals surface area contributed by atoms with Crippen LogP contribution in [-0.4, -0.2) is 54.5 Å². The van der Waals surface area contributed by atoms with Crippen molar-refractivity contribution in [1.29, 1.82) is 0 Å². The Labute approximate surface area is 179 Å². The monoisotopic (exact) mass is 424 g/mol. The van der Waals surface area contributed by atoms with Crippen molar-refractivity contribution in [3.05, 3.63) is 58.4 Å². The van der Waals surface area contributed by atoms with E-state index in [1.54, 1.807) is 17.4 Å². The minimum Gasteiger partial charge on any atom is -0.379 e. The van der Waals surface area contributed by atoms with Gasteiger partial charge >= 0.3 is 11.8 Å². The zero-order valence-corrected chi connectivity index (χ0v) is 17.6. The molecule has 0 saturated carbocycles. The van der Waals surface area contributed by atoms with Crippen molar-refractivity contribution in [2.45, 2.75) is 13.0 Å². The van der Waals surface area contributed by atoms with Crippen molar-refractivity contribution < 1.29 is 14.3 Å². The van der Waals surface area contributed by atoms with E-state index in [1.807, 2.05) is 42.6 Å². The molecule has 3 aromatic rings. The maximum absolute atomic E-state index is 12.6. The largest absolute Gasteiger partial charge is 0.379 e. The molecule has 1 aromatic carbocycles. The van der Waals surface area contributed by atoms with Gasteiger partial charge < -0.3 is 15.4 Å². The zero-order valence-electron chi connectivity index (χ0n) is 16.8. The highest BCUT2D eigenvalue weighted by Gasteiger charge is 2.25. The fourth-order valence-corrected chi connectivity index (χ4v) is 4.50. The summed E-state index contributed by atoms with van der Waals surface area (Å²) in [5.41, 5.74) is 2.13. The van der Waals surface area contributed by atoms with Gasteiger partial charge in [-0.05, 0) is 30.5 Å². The lowest BCUT2D eigenvalue weighted by molar-refractivity contribution is -0.136. The standard InChI is InChI=1S/C22H24N4O3S/c1-15-13-18(16-5-2-3-6-17(16)24-15)25-22(28)21(27)23-14-19(20-7-4-12-30-20)26-8-10-29-11-9-26/h2-7,12-13,19H,8-11,14H2,1H3,(H,23,27)(H,24,25,28).